The van der Waals surface area contributed by atoms with Crippen molar-refractivity contribution in [2.24, 2.45) is 5.73 Å². The number of benzene rings is 3. The summed E-state index contributed by atoms with van der Waals surface area (Å²) in [6.45, 7) is 1.29. The third-order valence-corrected chi connectivity index (χ3v) is 3.77. The van der Waals surface area contributed by atoms with E-state index >= 15 is 0 Å². The van der Waals surface area contributed by atoms with Crippen LogP contribution in [0.4, 0.5) is 11.4 Å². The van der Waals surface area contributed by atoms with E-state index in [2.05, 4.69) is 10.6 Å². The van der Waals surface area contributed by atoms with E-state index in [1.807, 2.05) is 24.3 Å². The molecule has 0 radical (unpaired) electrons. The molecule has 0 saturated heterocycles. The molecule has 0 aromatic heterocycles. The number of anilines is 2. The van der Waals surface area contributed by atoms with Crippen LogP contribution in [-0.2, 0) is 4.79 Å². The van der Waals surface area contributed by atoms with E-state index in [9.17, 15) is 9.59 Å². The molecule has 0 spiro atoms. The van der Waals surface area contributed by atoms with Crippen molar-refractivity contribution in [1.82, 2.24) is 0 Å². The maximum Gasteiger partial charge on any atom is 0.308 e. The van der Waals surface area contributed by atoms with Gasteiger partial charge in [0.25, 0.3) is 5.91 Å². The molecule has 0 aliphatic heterocycles. The van der Waals surface area contributed by atoms with Crippen LogP contribution in [0.15, 0.2) is 60.7 Å². The first-order chi connectivity index (χ1) is 12.9. The summed E-state index contributed by atoms with van der Waals surface area (Å²) in [7, 11) is 0. The van der Waals surface area contributed by atoms with Crippen molar-refractivity contribution in [3.63, 3.8) is 0 Å². The molecule has 3 aromatic rings. The van der Waals surface area contributed by atoms with E-state index in [1.54, 1.807) is 36.4 Å². The maximum atomic E-state index is 12.8. The summed E-state index contributed by atoms with van der Waals surface area (Å²) in [6.07, 6.45) is 0. The Morgan fingerprint density at radius 3 is 2.00 bits per heavy atom. The summed E-state index contributed by atoms with van der Waals surface area (Å²) in [5, 5.41) is 14.4. The number of carbonyl (C=O) groups is 2. The fraction of sp³-hybridized carbons (Fsp3) is 0.0500. The highest BCUT2D eigenvalue weighted by Crippen LogP contribution is 2.27. The van der Waals surface area contributed by atoms with Gasteiger partial charge in [0, 0.05) is 18.3 Å². The van der Waals surface area contributed by atoms with Crippen LogP contribution in [0.25, 0.3) is 10.8 Å². The number of hydrogen-bond donors (Lipinski definition) is 4. The summed E-state index contributed by atoms with van der Waals surface area (Å²) in [5.41, 5.74) is 6.72. The van der Waals surface area contributed by atoms with Gasteiger partial charge in [-0.25, -0.2) is 0 Å². The molecule has 144 valence electrons. The van der Waals surface area contributed by atoms with E-state index in [0.717, 1.165) is 10.8 Å². The molecule has 8 heteroatoms. The zero-order valence-corrected chi connectivity index (χ0v) is 15.8. The Morgan fingerprint density at radius 2 is 1.46 bits per heavy atom. The van der Waals surface area contributed by atoms with Gasteiger partial charge in [0.2, 0.25) is 0 Å². The van der Waals surface area contributed by atoms with Gasteiger partial charge in [-0.05, 0) is 47.2 Å². The minimum absolute atomic E-state index is 0. The lowest BCUT2D eigenvalue weighted by Gasteiger charge is -2.12. The predicted molar refractivity (Wildman–Crippen MR) is 112 cm³/mol. The Labute approximate surface area is 167 Å². The Hall–Kier alpha value is -3.58. The fourth-order valence-electron chi connectivity index (χ4n) is 2.63. The summed E-state index contributed by atoms with van der Waals surface area (Å²) in [4.78, 5) is 24.2. The van der Waals surface area contributed by atoms with Crippen LogP contribution >= 0.6 is 12.4 Å². The summed E-state index contributed by atoms with van der Waals surface area (Å²) in [5.74, 6) is -0.870. The molecular formula is C20H19ClN4O3. The van der Waals surface area contributed by atoms with Crippen LogP contribution in [-0.4, -0.2) is 17.8 Å². The van der Waals surface area contributed by atoms with Crippen molar-refractivity contribution >= 4 is 52.4 Å². The Balaban J connectivity index is 0.00000280. The van der Waals surface area contributed by atoms with E-state index in [-0.39, 0.29) is 29.7 Å². The van der Waals surface area contributed by atoms with E-state index < -0.39 is 11.9 Å². The van der Waals surface area contributed by atoms with Gasteiger partial charge < -0.3 is 21.1 Å². The van der Waals surface area contributed by atoms with Gasteiger partial charge in [0.05, 0.1) is 5.56 Å². The van der Waals surface area contributed by atoms with Gasteiger partial charge in [-0.1, -0.05) is 24.3 Å². The van der Waals surface area contributed by atoms with Crippen molar-refractivity contribution < 1.29 is 14.3 Å². The molecular weight excluding hydrogens is 380 g/mol. The van der Waals surface area contributed by atoms with Crippen molar-refractivity contribution in [2.45, 2.75) is 6.92 Å². The normalized spacial score (nSPS) is 9.89. The number of fused-ring (bicyclic) bond motifs is 1. The molecule has 0 atom stereocenters. The highest BCUT2D eigenvalue weighted by atomic mass is 35.5. The zero-order valence-electron chi connectivity index (χ0n) is 15.0. The lowest BCUT2D eigenvalue weighted by Crippen LogP contribution is -2.20. The molecule has 0 aliphatic rings. The van der Waals surface area contributed by atoms with E-state index in [1.165, 1.54) is 6.92 Å². The molecule has 5 N–H and O–H groups in total. The third-order valence-electron chi connectivity index (χ3n) is 3.77. The van der Waals surface area contributed by atoms with Gasteiger partial charge in [-0.3, -0.25) is 15.0 Å². The first-order valence-electron chi connectivity index (χ1n) is 8.16. The lowest BCUT2D eigenvalue weighted by atomic mass is 10.1. The van der Waals surface area contributed by atoms with E-state index in [4.69, 9.17) is 15.9 Å². The highest BCUT2D eigenvalue weighted by Gasteiger charge is 2.16. The zero-order chi connectivity index (χ0) is 19.4. The second-order valence-electron chi connectivity index (χ2n) is 5.86. The fourth-order valence-corrected chi connectivity index (χ4v) is 2.63. The molecule has 0 fully saturated rings. The van der Waals surface area contributed by atoms with Gasteiger partial charge in [-0.15, -0.1) is 12.4 Å². The second kappa shape index (κ2) is 8.88. The van der Waals surface area contributed by atoms with Gasteiger partial charge in [0.1, 0.15) is 5.75 Å². The van der Waals surface area contributed by atoms with Crippen LogP contribution in [0.1, 0.15) is 17.3 Å². The molecule has 3 aromatic carbocycles. The number of halogens is 1. The number of hydrogen-bond acceptors (Lipinski definition) is 4. The molecule has 7 nitrogen and oxygen atoms in total. The Kier molecular flexibility index (Phi) is 6.57. The Bertz CT molecular complexity index is 1040. The largest absolute Gasteiger partial charge is 0.426 e. The molecule has 0 heterocycles. The van der Waals surface area contributed by atoms with Gasteiger partial charge >= 0.3 is 5.97 Å². The van der Waals surface area contributed by atoms with Crippen molar-refractivity contribution in [3.8, 4) is 5.75 Å². The van der Waals surface area contributed by atoms with Crippen LogP contribution < -0.4 is 21.1 Å². The number of rotatable bonds is 4. The quantitative estimate of drug-likeness (QED) is 0.231. The molecule has 0 unspecified atom stereocenters. The van der Waals surface area contributed by atoms with Gasteiger partial charge in [-0.2, -0.15) is 0 Å². The van der Waals surface area contributed by atoms with Crippen LogP contribution in [0.3, 0.4) is 0 Å². The minimum Gasteiger partial charge on any atom is -0.426 e. The number of esters is 1. The summed E-state index contributed by atoms with van der Waals surface area (Å²) < 4.78 is 5.23. The summed E-state index contributed by atoms with van der Waals surface area (Å²) in [6, 6.07) is 17.6. The lowest BCUT2D eigenvalue weighted by molar-refractivity contribution is -0.131. The maximum absolute atomic E-state index is 12.8. The molecule has 0 saturated carbocycles. The van der Waals surface area contributed by atoms with Crippen LogP contribution in [0.5, 0.6) is 5.75 Å². The molecule has 0 aliphatic carbocycles. The third kappa shape index (κ3) is 4.99. The predicted octanol–water partition coefficient (Wildman–Crippen LogP) is 3.74. The first-order valence-corrected chi connectivity index (χ1v) is 8.16. The average Bonchev–Trinajstić information content (AvgIpc) is 2.62. The molecule has 28 heavy (non-hydrogen) atoms. The topological polar surface area (TPSA) is 117 Å². The molecule has 1 amide bonds. The second-order valence-corrected chi connectivity index (χ2v) is 5.86. The Morgan fingerprint density at radius 1 is 0.929 bits per heavy atom. The smallest absolute Gasteiger partial charge is 0.308 e. The number of nitrogens with one attached hydrogen (secondary N) is 3. The minimum atomic E-state index is -0.501. The number of carbonyl (C=O) groups excluding carboxylic acids is 2. The number of nitrogens with two attached hydrogens (primary N) is 1. The first kappa shape index (κ1) is 20.7. The SMILES string of the molecule is CC(=O)Oc1cc2ccccc2cc1C(=O)Nc1ccc(NC(=N)N)cc1.Cl. The van der Waals surface area contributed by atoms with Crippen LogP contribution in [0, 0.1) is 5.41 Å². The average molecular weight is 399 g/mol. The summed E-state index contributed by atoms with van der Waals surface area (Å²) >= 11 is 0. The number of guanidine groups is 1. The van der Waals surface area contributed by atoms with Crippen molar-refractivity contribution in [2.75, 3.05) is 10.6 Å². The molecule has 0 bridgehead atoms. The van der Waals surface area contributed by atoms with Crippen LogP contribution in [0.2, 0.25) is 0 Å². The monoisotopic (exact) mass is 398 g/mol. The number of amides is 1. The molecule has 3 rings (SSSR count). The van der Waals surface area contributed by atoms with Crippen molar-refractivity contribution in [3.05, 3.63) is 66.2 Å². The standard InChI is InChI=1S/C20H18N4O3.ClH/c1-12(25)27-18-11-14-5-3-2-4-13(14)10-17(18)19(26)23-15-6-8-16(9-7-15)24-20(21)22;/h2-11H,1H3,(H,23,26)(H4,21,22,24);1H. The highest BCUT2D eigenvalue weighted by molar-refractivity contribution is 6.09. The van der Waals surface area contributed by atoms with Gasteiger partial charge in [0.15, 0.2) is 5.96 Å². The van der Waals surface area contributed by atoms with E-state index in [0.29, 0.717) is 11.4 Å². The number of ether oxygens (including phenoxy) is 1. The van der Waals surface area contributed by atoms with Crippen molar-refractivity contribution in [1.29, 1.82) is 5.41 Å².